The van der Waals surface area contributed by atoms with Gasteiger partial charge in [-0.25, -0.2) is 9.78 Å². The minimum absolute atomic E-state index is 0.0188. The van der Waals surface area contributed by atoms with Crippen LogP contribution in [-0.2, 0) is 10.2 Å². The Kier molecular flexibility index (Phi) is 3.88. The van der Waals surface area contributed by atoms with Crippen LogP contribution in [-0.4, -0.2) is 17.6 Å². The van der Waals surface area contributed by atoms with Gasteiger partial charge < -0.3 is 9.15 Å². The van der Waals surface area contributed by atoms with Crippen molar-refractivity contribution in [2.24, 2.45) is 0 Å². The molecule has 0 fully saturated rings. The predicted molar refractivity (Wildman–Crippen MR) is 71.9 cm³/mol. The van der Waals surface area contributed by atoms with Gasteiger partial charge in [-0.3, -0.25) is 0 Å². The summed E-state index contributed by atoms with van der Waals surface area (Å²) in [6, 6.07) is 0. The van der Waals surface area contributed by atoms with Crippen molar-refractivity contribution in [1.29, 1.82) is 0 Å². The highest BCUT2D eigenvalue weighted by atomic mass is 16.5. The predicted octanol–water partition coefficient (Wildman–Crippen LogP) is 3.41. The number of oxazole rings is 1. The van der Waals surface area contributed by atoms with Crippen molar-refractivity contribution in [3.63, 3.8) is 0 Å². The molecule has 0 bridgehead atoms. The number of carbonyl (C=O) groups excluding carboxylic acids is 1. The molecule has 0 saturated heterocycles. The largest absolute Gasteiger partial charge is 0.459 e. The van der Waals surface area contributed by atoms with Crippen LogP contribution in [0.4, 0.5) is 0 Å². The summed E-state index contributed by atoms with van der Waals surface area (Å²) in [4.78, 5) is 15.6. The third-order valence-corrected chi connectivity index (χ3v) is 3.29. The van der Waals surface area contributed by atoms with E-state index in [9.17, 15) is 4.79 Å². The van der Waals surface area contributed by atoms with Crippen LogP contribution < -0.4 is 0 Å². The summed E-state index contributed by atoms with van der Waals surface area (Å²) < 4.78 is 10.4. The summed E-state index contributed by atoms with van der Waals surface area (Å²) >= 11 is 0. The number of allylic oxidation sites excluding steroid dienone is 4. The van der Waals surface area contributed by atoms with E-state index in [1.165, 1.54) is 5.57 Å². The molecule has 1 aliphatic rings. The summed E-state index contributed by atoms with van der Waals surface area (Å²) in [5, 5.41) is 0. The number of hydrogen-bond acceptors (Lipinski definition) is 4. The number of ether oxygens (including phenoxy) is 1. The molecule has 0 unspecified atom stereocenters. The second-order valence-corrected chi connectivity index (χ2v) is 5.01. The molecule has 2 rings (SSSR count). The fourth-order valence-corrected chi connectivity index (χ4v) is 2.07. The summed E-state index contributed by atoms with van der Waals surface area (Å²) in [5.74, 6) is 0.177. The molecule has 1 aliphatic carbocycles. The third kappa shape index (κ3) is 2.78. The lowest BCUT2D eigenvalue weighted by molar-refractivity contribution is 0.0477. The Morgan fingerprint density at radius 3 is 2.89 bits per heavy atom. The zero-order valence-electron chi connectivity index (χ0n) is 11.6. The second-order valence-electron chi connectivity index (χ2n) is 5.01. The van der Waals surface area contributed by atoms with Crippen LogP contribution >= 0.6 is 0 Å². The highest BCUT2D eigenvalue weighted by Gasteiger charge is 2.30. The van der Waals surface area contributed by atoms with Crippen molar-refractivity contribution >= 4 is 5.97 Å². The van der Waals surface area contributed by atoms with Gasteiger partial charge in [-0.05, 0) is 39.2 Å². The van der Waals surface area contributed by atoms with Crippen LogP contribution in [0.5, 0.6) is 0 Å². The summed E-state index contributed by atoms with van der Waals surface area (Å²) in [6.45, 7) is 6.19. The van der Waals surface area contributed by atoms with E-state index < -0.39 is 5.97 Å². The maximum atomic E-state index is 11.6. The van der Waals surface area contributed by atoms with Gasteiger partial charge >= 0.3 is 11.9 Å². The fourth-order valence-electron chi connectivity index (χ4n) is 2.07. The van der Waals surface area contributed by atoms with Crippen LogP contribution in [0, 0.1) is 0 Å². The minimum Gasteiger partial charge on any atom is -0.459 e. The Morgan fingerprint density at radius 2 is 2.26 bits per heavy atom. The first-order valence-corrected chi connectivity index (χ1v) is 6.56. The highest BCUT2D eigenvalue weighted by molar-refractivity contribution is 5.84. The minimum atomic E-state index is -0.516. The Hall–Kier alpha value is -1.84. The lowest BCUT2D eigenvalue weighted by Gasteiger charge is -2.25. The van der Waals surface area contributed by atoms with Crippen LogP contribution in [0.1, 0.15) is 50.1 Å². The van der Waals surface area contributed by atoms with Gasteiger partial charge in [0.15, 0.2) is 0 Å². The van der Waals surface area contributed by atoms with Crippen molar-refractivity contribution < 1.29 is 13.9 Å². The van der Waals surface area contributed by atoms with Crippen molar-refractivity contribution in [3.05, 3.63) is 41.6 Å². The normalized spacial score (nSPS) is 15.2. The maximum absolute atomic E-state index is 11.6. The lowest BCUT2D eigenvalue weighted by Crippen LogP contribution is -2.19. The first-order valence-electron chi connectivity index (χ1n) is 6.56. The van der Waals surface area contributed by atoms with Crippen molar-refractivity contribution in [2.45, 2.75) is 39.0 Å². The van der Waals surface area contributed by atoms with E-state index in [1.807, 2.05) is 0 Å². The van der Waals surface area contributed by atoms with Crippen LogP contribution in [0.3, 0.4) is 0 Å². The lowest BCUT2D eigenvalue weighted by atomic mass is 9.80. The van der Waals surface area contributed by atoms with Gasteiger partial charge in [0.1, 0.15) is 5.76 Å². The van der Waals surface area contributed by atoms with E-state index in [-0.39, 0.29) is 11.3 Å². The fraction of sp³-hybridized carbons (Fsp3) is 0.467. The zero-order chi connectivity index (χ0) is 13.9. The number of hydrogen-bond donors (Lipinski definition) is 0. The van der Waals surface area contributed by atoms with E-state index in [4.69, 9.17) is 9.15 Å². The second kappa shape index (κ2) is 5.43. The van der Waals surface area contributed by atoms with E-state index in [1.54, 1.807) is 13.1 Å². The molecular formula is C15H19NO3. The van der Waals surface area contributed by atoms with E-state index in [2.05, 4.69) is 37.1 Å². The average Bonchev–Trinajstić information content (AvgIpc) is 2.90. The topological polar surface area (TPSA) is 52.3 Å². The molecule has 4 nitrogen and oxygen atoms in total. The maximum Gasteiger partial charge on any atom is 0.394 e. The molecule has 1 aromatic rings. The Balaban J connectivity index is 2.24. The first kappa shape index (κ1) is 13.6. The number of nitrogens with zero attached hydrogens (tertiary/aromatic N) is 1. The molecule has 0 aromatic carbocycles. The Labute approximate surface area is 113 Å². The Morgan fingerprint density at radius 1 is 1.47 bits per heavy atom. The third-order valence-electron chi connectivity index (χ3n) is 3.29. The summed E-state index contributed by atoms with van der Waals surface area (Å²) in [7, 11) is 0. The van der Waals surface area contributed by atoms with Gasteiger partial charge in [-0.2, -0.15) is 0 Å². The molecular weight excluding hydrogens is 242 g/mol. The van der Waals surface area contributed by atoms with Gasteiger partial charge in [0, 0.05) is 5.41 Å². The van der Waals surface area contributed by atoms with Crippen LogP contribution in [0.2, 0.25) is 0 Å². The van der Waals surface area contributed by atoms with Gasteiger partial charge in [0.25, 0.3) is 0 Å². The SMILES string of the molecule is CCOC(=O)c1ncc(C(C)(C)C2=CCCC=C2)o1. The van der Waals surface area contributed by atoms with Crippen molar-refractivity contribution in [3.8, 4) is 0 Å². The molecule has 0 amide bonds. The smallest absolute Gasteiger partial charge is 0.394 e. The molecule has 102 valence electrons. The molecule has 0 radical (unpaired) electrons. The zero-order valence-corrected chi connectivity index (χ0v) is 11.6. The standard InChI is InChI=1S/C15H19NO3/c1-4-18-14(17)13-16-10-12(19-13)15(2,3)11-8-6-5-7-9-11/h6,8-10H,4-5,7H2,1-3H3. The molecule has 0 atom stereocenters. The molecule has 0 N–H and O–H groups in total. The number of carbonyl (C=O) groups is 1. The van der Waals surface area contributed by atoms with E-state index in [0.29, 0.717) is 12.4 Å². The summed E-state index contributed by atoms with van der Waals surface area (Å²) in [5.41, 5.74) is 0.889. The number of rotatable bonds is 4. The van der Waals surface area contributed by atoms with E-state index in [0.717, 1.165) is 12.8 Å². The van der Waals surface area contributed by atoms with Crippen LogP contribution in [0.25, 0.3) is 0 Å². The van der Waals surface area contributed by atoms with Gasteiger partial charge in [-0.1, -0.05) is 18.2 Å². The quantitative estimate of drug-likeness (QED) is 0.779. The number of aromatic nitrogens is 1. The van der Waals surface area contributed by atoms with Gasteiger partial charge in [0.05, 0.1) is 12.8 Å². The molecule has 0 saturated carbocycles. The molecule has 4 heteroatoms. The first-order chi connectivity index (χ1) is 9.05. The molecule has 1 aromatic heterocycles. The van der Waals surface area contributed by atoms with Gasteiger partial charge in [-0.15, -0.1) is 0 Å². The molecule has 0 spiro atoms. The molecule has 1 heterocycles. The highest BCUT2D eigenvalue weighted by Crippen LogP contribution is 2.34. The summed E-state index contributed by atoms with van der Waals surface area (Å²) in [6.07, 6.45) is 10.2. The number of esters is 1. The van der Waals surface area contributed by atoms with Gasteiger partial charge in [0.2, 0.25) is 0 Å². The Bertz CT molecular complexity index is 523. The average molecular weight is 261 g/mol. The molecule has 0 aliphatic heterocycles. The monoisotopic (exact) mass is 261 g/mol. The van der Waals surface area contributed by atoms with Crippen molar-refractivity contribution in [1.82, 2.24) is 4.98 Å². The van der Waals surface area contributed by atoms with Crippen LogP contribution in [0.15, 0.2) is 34.4 Å². The molecule has 19 heavy (non-hydrogen) atoms. The van der Waals surface area contributed by atoms with E-state index >= 15 is 0 Å². The van der Waals surface area contributed by atoms with Crippen molar-refractivity contribution in [2.75, 3.05) is 6.61 Å².